The van der Waals surface area contributed by atoms with Crippen molar-refractivity contribution in [3.8, 4) is 0 Å². The molecule has 3 aromatic rings. The molecule has 0 unspecified atom stereocenters. The van der Waals surface area contributed by atoms with Gasteiger partial charge in [0.2, 0.25) is 0 Å². The number of benzene rings is 3. The summed E-state index contributed by atoms with van der Waals surface area (Å²) in [6.07, 6.45) is 2.05. The average molecular weight is 655 g/mol. The number of imide groups is 1. The van der Waals surface area contributed by atoms with E-state index in [1.165, 1.54) is 29.2 Å². The van der Waals surface area contributed by atoms with Gasteiger partial charge >= 0.3 is 6.03 Å². The van der Waals surface area contributed by atoms with E-state index in [0.717, 1.165) is 11.8 Å². The van der Waals surface area contributed by atoms with Gasteiger partial charge in [-0.2, -0.15) is 0 Å². The van der Waals surface area contributed by atoms with Crippen LogP contribution in [0.5, 0.6) is 0 Å². The Bertz CT molecular complexity index is 1680. The van der Waals surface area contributed by atoms with Crippen LogP contribution < -0.4 is 5.32 Å². The second-order valence-electron chi connectivity index (χ2n) is 12.1. The quantitative estimate of drug-likeness (QED) is 0.385. The second-order valence-corrected chi connectivity index (χ2v) is 14.1. The molecule has 6 rings (SSSR count). The maximum absolute atomic E-state index is 14.5. The lowest BCUT2D eigenvalue weighted by Crippen LogP contribution is -2.55. The highest BCUT2D eigenvalue weighted by Crippen LogP contribution is 2.36. The third kappa shape index (κ3) is 6.61. The summed E-state index contributed by atoms with van der Waals surface area (Å²) in [7, 11) is -3.34. The fraction of sp³-hybridized carbons (Fsp3) is 0.364. The number of hydrogen-bond acceptors (Lipinski definition) is 6. The first-order valence-corrected chi connectivity index (χ1v) is 16.7. The summed E-state index contributed by atoms with van der Waals surface area (Å²) in [4.78, 5) is 45.2. The van der Waals surface area contributed by atoms with Crippen molar-refractivity contribution in [3.05, 3.63) is 101 Å². The second kappa shape index (κ2) is 12.9. The van der Waals surface area contributed by atoms with Gasteiger partial charge in [-0.25, -0.2) is 17.6 Å². The van der Waals surface area contributed by atoms with Crippen molar-refractivity contribution in [2.24, 2.45) is 5.92 Å². The van der Waals surface area contributed by atoms with Gasteiger partial charge in [0.15, 0.2) is 9.84 Å². The summed E-state index contributed by atoms with van der Waals surface area (Å²) in [5, 5.41) is 2.95. The zero-order valence-corrected chi connectivity index (χ0v) is 26.5. The molecule has 3 heterocycles. The molecule has 0 radical (unpaired) electrons. The Morgan fingerprint density at radius 3 is 2.22 bits per heavy atom. The highest BCUT2D eigenvalue weighted by molar-refractivity contribution is 7.90. The number of urea groups is 1. The molecule has 1 N–H and O–H groups in total. The average Bonchev–Trinajstić information content (AvgIpc) is 3.53. The summed E-state index contributed by atoms with van der Waals surface area (Å²) in [6.45, 7) is 2.96. The van der Waals surface area contributed by atoms with Crippen molar-refractivity contribution in [2.75, 3.05) is 39.0 Å². The van der Waals surface area contributed by atoms with Gasteiger partial charge < -0.3 is 15.1 Å². The van der Waals surface area contributed by atoms with Gasteiger partial charge in [0.25, 0.3) is 11.8 Å². The van der Waals surface area contributed by atoms with E-state index in [1.54, 1.807) is 29.2 Å². The number of nitrogens with one attached hydrogen (secondary N) is 1. The fourth-order valence-corrected chi connectivity index (χ4v) is 7.37. The molecule has 3 saturated heterocycles. The van der Waals surface area contributed by atoms with Crippen LogP contribution in [0, 0.1) is 11.7 Å². The molecule has 3 aliphatic heterocycles. The first-order chi connectivity index (χ1) is 21.0. The molecule has 0 bridgehead atoms. The molecule has 3 aromatic carbocycles. The van der Waals surface area contributed by atoms with Crippen LogP contribution in [0.15, 0.2) is 83.8 Å². The Morgan fingerprint density at radius 2 is 1.58 bits per heavy atom. The summed E-state index contributed by atoms with van der Waals surface area (Å²) in [5.74, 6) is -0.905. The molecular formula is C33H36ClFN4O5S. The van der Waals surface area contributed by atoms with Gasteiger partial charge in [0.1, 0.15) is 11.4 Å². The highest BCUT2D eigenvalue weighted by Gasteiger charge is 2.52. The minimum atomic E-state index is -3.34. The van der Waals surface area contributed by atoms with Crippen LogP contribution in [-0.2, 0) is 21.2 Å². The summed E-state index contributed by atoms with van der Waals surface area (Å²) >= 11 is 0. The maximum atomic E-state index is 14.5. The molecule has 45 heavy (non-hydrogen) atoms. The van der Waals surface area contributed by atoms with E-state index < -0.39 is 27.2 Å². The molecule has 9 nitrogen and oxygen atoms in total. The van der Waals surface area contributed by atoms with Gasteiger partial charge in [-0.1, -0.05) is 54.6 Å². The van der Waals surface area contributed by atoms with Crippen molar-refractivity contribution in [1.29, 1.82) is 0 Å². The van der Waals surface area contributed by atoms with Gasteiger partial charge in [-0.05, 0) is 54.2 Å². The lowest BCUT2D eigenvalue weighted by atomic mass is 9.85. The summed E-state index contributed by atoms with van der Waals surface area (Å²) in [6, 6.07) is 21.9. The summed E-state index contributed by atoms with van der Waals surface area (Å²) < 4.78 is 38.0. The lowest BCUT2D eigenvalue weighted by Gasteiger charge is -2.38. The zero-order chi connectivity index (χ0) is 31.1. The molecule has 0 aromatic heterocycles. The topological polar surface area (TPSA) is 107 Å². The van der Waals surface area contributed by atoms with Crippen LogP contribution in [-0.4, -0.2) is 85.5 Å². The number of rotatable bonds is 7. The third-order valence-corrected chi connectivity index (χ3v) is 10.3. The van der Waals surface area contributed by atoms with Crippen LogP contribution in [0.1, 0.15) is 40.2 Å². The van der Waals surface area contributed by atoms with Crippen LogP contribution in [0.2, 0.25) is 0 Å². The number of amides is 4. The zero-order valence-electron chi connectivity index (χ0n) is 24.9. The Kier molecular flexibility index (Phi) is 9.34. The van der Waals surface area contributed by atoms with E-state index in [4.69, 9.17) is 0 Å². The van der Waals surface area contributed by atoms with Gasteiger partial charge in [0.05, 0.1) is 17.0 Å². The number of nitrogens with zero attached hydrogens (tertiary/aromatic N) is 3. The minimum Gasteiger partial charge on any atom is -0.338 e. The number of sulfone groups is 1. The first kappa shape index (κ1) is 32.6. The van der Waals surface area contributed by atoms with Crippen LogP contribution in [0.25, 0.3) is 0 Å². The maximum Gasteiger partial charge on any atom is 0.325 e. The molecule has 0 saturated carbocycles. The van der Waals surface area contributed by atoms with E-state index in [2.05, 4.69) is 22.3 Å². The number of hydrogen-bond donors (Lipinski definition) is 1. The Balaban J connectivity index is 0.00000400. The molecule has 12 heteroatoms. The van der Waals surface area contributed by atoms with Crippen molar-refractivity contribution < 1.29 is 27.2 Å². The smallest absolute Gasteiger partial charge is 0.325 e. The fourth-order valence-electron chi connectivity index (χ4n) is 6.74. The molecule has 1 spiro atoms. The number of piperidine rings is 1. The normalized spacial score (nSPS) is 21.6. The molecule has 3 fully saturated rings. The molecule has 3 aliphatic rings. The Morgan fingerprint density at radius 1 is 0.933 bits per heavy atom. The predicted octanol–water partition coefficient (Wildman–Crippen LogP) is 4.09. The Hall–Kier alpha value is -3.80. The van der Waals surface area contributed by atoms with Crippen LogP contribution >= 0.6 is 12.4 Å². The number of likely N-dealkylation sites (tertiary alicyclic amines) is 2. The largest absolute Gasteiger partial charge is 0.338 e. The highest BCUT2D eigenvalue weighted by atomic mass is 35.5. The van der Waals surface area contributed by atoms with Crippen molar-refractivity contribution in [3.63, 3.8) is 0 Å². The first-order valence-electron chi connectivity index (χ1n) is 14.8. The third-order valence-electron chi connectivity index (χ3n) is 9.20. The number of carbonyl (C=O) groups is 3. The number of carbonyl (C=O) groups excluding carboxylic acids is 3. The van der Waals surface area contributed by atoms with Crippen molar-refractivity contribution in [1.82, 2.24) is 20.0 Å². The van der Waals surface area contributed by atoms with Gasteiger partial charge in [-0.15, -0.1) is 12.4 Å². The van der Waals surface area contributed by atoms with Crippen LogP contribution in [0.4, 0.5) is 9.18 Å². The lowest BCUT2D eigenvalue weighted by molar-refractivity contribution is -0.133. The van der Waals surface area contributed by atoms with E-state index in [9.17, 15) is 27.2 Å². The molecular weight excluding hydrogens is 619 g/mol. The molecule has 238 valence electrons. The van der Waals surface area contributed by atoms with E-state index in [1.807, 2.05) is 18.2 Å². The number of halogens is 2. The van der Waals surface area contributed by atoms with Gasteiger partial charge in [0, 0.05) is 44.9 Å². The molecule has 4 amide bonds. The van der Waals surface area contributed by atoms with Crippen molar-refractivity contribution >= 4 is 40.1 Å². The van der Waals surface area contributed by atoms with Gasteiger partial charge in [-0.3, -0.25) is 14.5 Å². The van der Waals surface area contributed by atoms with E-state index in [-0.39, 0.29) is 53.1 Å². The summed E-state index contributed by atoms with van der Waals surface area (Å²) in [5.41, 5.74) is 0.902. The minimum absolute atomic E-state index is 0. The SMILES string of the molecule is CS(=O)(=O)c1ccc(CN2C(=O)NC3(CCN(C[C@H]4CN(C(=O)c5ccccc5F)C[C@@H]4c4ccccc4)CC3)C2=O)cc1.Cl. The van der Waals surface area contributed by atoms with Crippen LogP contribution in [0.3, 0.4) is 0 Å². The van der Waals surface area contributed by atoms with E-state index in [0.29, 0.717) is 51.1 Å². The Labute approximate surface area is 268 Å². The standard InChI is InChI=1S/C33H35FN4O5S.ClH/c1-44(42,43)26-13-11-23(12-14-26)19-38-31(40)33(35-32(38)41)15-17-36(18-16-33)20-25-21-37(22-28(25)24-7-3-2-4-8-24)30(39)27-9-5-6-10-29(27)34;/h2-14,25,28H,15-22H2,1H3,(H,35,41);1H/t25-,28+;/m0./s1. The monoisotopic (exact) mass is 654 g/mol. The molecule has 2 atom stereocenters. The van der Waals surface area contributed by atoms with E-state index >= 15 is 0 Å². The van der Waals surface area contributed by atoms with Crippen molar-refractivity contribution in [2.45, 2.75) is 35.7 Å². The molecule has 0 aliphatic carbocycles. The predicted molar refractivity (Wildman–Crippen MR) is 169 cm³/mol.